The van der Waals surface area contributed by atoms with E-state index in [4.69, 9.17) is 23.4 Å². The van der Waals surface area contributed by atoms with Crippen molar-refractivity contribution in [1.82, 2.24) is 0 Å². The van der Waals surface area contributed by atoms with Gasteiger partial charge < -0.3 is 89.7 Å². The highest BCUT2D eigenvalue weighted by Gasteiger charge is 2.49. The summed E-state index contributed by atoms with van der Waals surface area (Å²) in [6.07, 6.45) is -24.0. The maximum absolute atomic E-state index is 13.7. The molecule has 51 heavy (non-hydrogen) atoms. The molecule has 3 aliphatic heterocycles. The topological polar surface area (TPSA) is 330 Å². The van der Waals surface area contributed by atoms with Crippen LogP contribution in [0.3, 0.4) is 0 Å². The molecule has 4 heterocycles. The second-order valence-corrected chi connectivity index (χ2v) is 12.6. The second-order valence-electron chi connectivity index (χ2n) is 12.6. The summed E-state index contributed by atoms with van der Waals surface area (Å²) in [7, 11) is 0. The fourth-order valence-corrected chi connectivity index (χ4v) is 6.48. The standard InChI is InChI=1S/C32H38O19/c33-6-14-20(38)24(42)27(45)31(50-14)17-22(40)16-11(35)5-13(49-29(16)18(23(17)41)30-26(44)19(37)12(36)8-47-30)9-1-3-10(4-2-9)48-32-28(46)25(43)21(39)15(7-34)51-32/h1-5,12,14-15,19-21,24-28,30-34,36-46H,6-8H2/t12-,14?,15?,19-,20+,21+,24-,25-,26?,27?,28?,30-,31-,32+/m0/s1. The van der Waals surface area contributed by atoms with Gasteiger partial charge in [0.1, 0.15) is 108 Å². The highest BCUT2D eigenvalue weighted by Crippen LogP contribution is 2.50. The third-order valence-electron chi connectivity index (χ3n) is 9.40. The lowest BCUT2D eigenvalue weighted by Crippen LogP contribution is -2.60. The van der Waals surface area contributed by atoms with E-state index in [-0.39, 0.29) is 17.1 Å². The molecule has 1 aromatic heterocycles. The summed E-state index contributed by atoms with van der Waals surface area (Å²) in [5, 5.41) is 135. The Morgan fingerprint density at radius 2 is 1.25 bits per heavy atom. The van der Waals surface area contributed by atoms with Crippen LogP contribution in [0.4, 0.5) is 0 Å². The number of benzene rings is 2. The van der Waals surface area contributed by atoms with Gasteiger partial charge in [0.25, 0.3) is 0 Å². The van der Waals surface area contributed by atoms with Gasteiger partial charge in [-0.3, -0.25) is 4.79 Å². The first-order valence-corrected chi connectivity index (χ1v) is 15.8. The molecule has 0 bridgehead atoms. The Balaban J connectivity index is 1.44. The molecule has 280 valence electrons. The summed E-state index contributed by atoms with van der Waals surface area (Å²) in [5.74, 6) is -2.10. The van der Waals surface area contributed by atoms with Crippen LogP contribution in [0.1, 0.15) is 23.3 Å². The maximum atomic E-state index is 13.7. The van der Waals surface area contributed by atoms with Crippen molar-refractivity contribution in [2.75, 3.05) is 19.8 Å². The minimum absolute atomic E-state index is 0.0673. The first-order chi connectivity index (χ1) is 24.2. The average Bonchev–Trinajstić information content (AvgIpc) is 3.11. The van der Waals surface area contributed by atoms with Gasteiger partial charge in [-0.2, -0.15) is 0 Å². The van der Waals surface area contributed by atoms with E-state index in [2.05, 4.69) is 0 Å². The summed E-state index contributed by atoms with van der Waals surface area (Å²) in [5.41, 5.74) is -2.55. The van der Waals surface area contributed by atoms with Crippen molar-refractivity contribution in [3.63, 3.8) is 0 Å². The van der Waals surface area contributed by atoms with Crippen molar-refractivity contribution in [1.29, 1.82) is 0 Å². The van der Waals surface area contributed by atoms with Gasteiger partial charge in [0, 0.05) is 11.6 Å². The van der Waals surface area contributed by atoms with Crippen molar-refractivity contribution in [2.45, 2.75) is 85.6 Å². The zero-order valence-electron chi connectivity index (χ0n) is 26.4. The molecule has 0 aliphatic carbocycles. The zero-order valence-corrected chi connectivity index (χ0v) is 26.4. The Hall–Kier alpha value is -3.51. The number of ether oxygens (including phenoxy) is 4. The van der Waals surface area contributed by atoms with Crippen LogP contribution < -0.4 is 10.2 Å². The van der Waals surface area contributed by atoms with Crippen molar-refractivity contribution >= 4 is 11.0 Å². The van der Waals surface area contributed by atoms with Crippen LogP contribution in [0.5, 0.6) is 17.2 Å². The Morgan fingerprint density at radius 3 is 1.88 bits per heavy atom. The lowest BCUT2D eigenvalue weighted by Gasteiger charge is -2.41. The fourth-order valence-electron chi connectivity index (χ4n) is 6.48. The van der Waals surface area contributed by atoms with Crippen LogP contribution in [-0.2, 0) is 14.2 Å². The fraction of sp³-hybridized carbons (Fsp3) is 0.531. The first kappa shape index (κ1) is 37.3. The van der Waals surface area contributed by atoms with Gasteiger partial charge in [-0.1, -0.05) is 0 Å². The molecule has 3 aliphatic rings. The average molecular weight is 727 g/mol. The van der Waals surface area contributed by atoms with Gasteiger partial charge in [-0.25, -0.2) is 0 Å². The molecule has 5 unspecified atom stereocenters. The predicted molar refractivity (Wildman–Crippen MR) is 165 cm³/mol. The third-order valence-corrected chi connectivity index (χ3v) is 9.40. The molecule has 3 fully saturated rings. The zero-order chi connectivity index (χ0) is 37.0. The molecule has 3 aromatic rings. The van der Waals surface area contributed by atoms with Gasteiger partial charge in [0.15, 0.2) is 11.0 Å². The number of fused-ring (bicyclic) bond motifs is 1. The van der Waals surface area contributed by atoms with Crippen LogP contribution in [0.15, 0.2) is 39.5 Å². The van der Waals surface area contributed by atoms with Crippen LogP contribution in [0, 0.1) is 0 Å². The van der Waals surface area contributed by atoms with Crippen LogP contribution in [0.2, 0.25) is 0 Å². The number of rotatable bonds is 7. The largest absolute Gasteiger partial charge is 0.507 e. The number of aliphatic hydroxyl groups excluding tert-OH is 11. The minimum atomic E-state index is -2.04. The lowest BCUT2D eigenvalue weighted by atomic mass is 9.85. The Morgan fingerprint density at radius 1 is 0.667 bits per heavy atom. The summed E-state index contributed by atoms with van der Waals surface area (Å²) in [4.78, 5) is 13.7. The van der Waals surface area contributed by atoms with Crippen LogP contribution >= 0.6 is 0 Å². The van der Waals surface area contributed by atoms with Crippen molar-refractivity contribution in [3.05, 3.63) is 51.7 Å². The number of aromatic hydroxyl groups is 2. The second kappa shape index (κ2) is 14.5. The molecule has 2 aromatic carbocycles. The summed E-state index contributed by atoms with van der Waals surface area (Å²) in [6.45, 7) is -2.11. The maximum Gasteiger partial charge on any atom is 0.229 e. The van der Waals surface area contributed by atoms with Crippen LogP contribution in [-0.4, -0.2) is 160 Å². The van der Waals surface area contributed by atoms with E-state index in [1.54, 1.807) is 0 Å². The van der Waals surface area contributed by atoms with Crippen LogP contribution in [0.25, 0.3) is 22.3 Å². The molecule has 0 saturated carbocycles. The summed E-state index contributed by atoms with van der Waals surface area (Å²) in [6, 6.07) is 6.42. The molecule has 0 radical (unpaired) electrons. The minimum Gasteiger partial charge on any atom is -0.507 e. The Labute approximate surface area is 286 Å². The predicted octanol–water partition coefficient (Wildman–Crippen LogP) is -4.28. The Kier molecular flexibility index (Phi) is 10.6. The molecule has 19 heteroatoms. The SMILES string of the molecule is O=c1cc(-c2ccc(O[C@@H]3OC(CO)[C@@H](O)[C@H](O)C3O)cc2)oc2c([C@@H]3OC[C@H](O)[C@H](O)C3O)c(O)c([C@@H]3OC(CO)[C@@H](O)[C@H](O)C3O)c(O)c12. The van der Waals surface area contributed by atoms with Gasteiger partial charge in [-0.05, 0) is 24.3 Å². The number of phenols is 2. The smallest absolute Gasteiger partial charge is 0.229 e. The molecular formula is C32H38O19. The molecular weight excluding hydrogens is 688 g/mol. The van der Waals surface area contributed by atoms with Gasteiger partial charge in [0.05, 0.1) is 30.9 Å². The molecule has 6 rings (SSSR count). The third kappa shape index (κ3) is 6.44. The molecule has 19 nitrogen and oxygen atoms in total. The van der Waals surface area contributed by atoms with Gasteiger partial charge in [-0.15, -0.1) is 0 Å². The van der Waals surface area contributed by atoms with Gasteiger partial charge in [0.2, 0.25) is 6.29 Å². The molecule has 13 N–H and O–H groups in total. The highest BCUT2D eigenvalue weighted by atomic mass is 16.7. The number of hydrogen-bond acceptors (Lipinski definition) is 19. The van der Waals surface area contributed by atoms with E-state index in [0.29, 0.717) is 0 Å². The Bertz CT molecular complexity index is 1760. The van der Waals surface area contributed by atoms with E-state index >= 15 is 0 Å². The molecule has 0 amide bonds. The number of phenolic OH excluding ortho intramolecular Hbond substituents is 2. The summed E-state index contributed by atoms with van der Waals surface area (Å²) < 4.78 is 28.0. The number of aliphatic hydroxyl groups is 11. The van der Waals surface area contributed by atoms with E-state index < -0.39 is 144 Å². The van der Waals surface area contributed by atoms with E-state index in [1.807, 2.05) is 0 Å². The normalized spacial score (nSPS) is 37.4. The highest BCUT2D eigenvalue weighted by molar-refractivity contribution is 5.92. The van der Waals surface area contributed by atoms with Gasteiger partial charge >= 0.3 is 0 Å². The lowest BCUT2D eigenvalue weighted by molar-refractivity contribution is -0.277. The summed E-state index contributed by atoms with van der Waals surface area (Å²) >= 11 is 0. The molecule has 0 spiro atoms. The van der Waals surface area contributed by atoms with E-state index in [0.717, 1.165) is 6.07 Å². The monoisotopic (exact) mass is 726 g/mol. The molecule has 3 saturated heterocycles. The van der Waals surface area contributed by atoms with Crippen molar-refractivity contribution < 1.29 is 89.7 Å². The molecule has 14 atom stereocenters. The van der Waals surface area contributed by atoms with Crippen molar-refractivity contribution in [3.8, 4) is 28.6 Å². The van der Waals surface area contributed by atoms with Crippen molar-refractivity contribution in [2.24, 2.45) is 0 Å². The van der Waals surface area contributed by atoms with E-state index in [9.17, 15) is 71.2 Å². The first-order valence-electron chi connectivity index (χ1n) is 15.8. The number of hydrogen-bond donors (Lipinski definition) is 13. The quantitative estimate of drug-likeness (QED) is 0.110. The van der Waals surface area contributed by atoms with E-state index in [1.165, 1.54) is 24.3 Å².